The number of halogens is 1. The molecule has 1 aromatic carbocycles. The minimum absolute atomic E-state index is 0. The van der Waals surface area contributed by atoms with Gasteiger partial charge in [0.1, 0.15) is 0 Å². The second-order valence-electron chi connectivity index (χ2n) is 7.86. The zero-order chi connectivity index (χ0) is 20.7. The molecule has 1 aliphatic rings. The molecule has 0 amide bonds. The third-order valence-electron chi connectivity index (χ3n) is 5.26. The first-order chi connectivity index (χ1) is 14.2. The van der Waals surface area contributed by atoms with Crippen LogP contribution in [0.3, 0.4) is 0 Å². The number of ether oxygens (including phenoxy) is 2. The summed E-state index contributed by atoms with van der Waals surface area (Å²) in [5, 5.41) is 6.68. The van der Waals surface area contributed by atoms with E-state index in [4.69, 9.17) is 14.5 Å². The maximum atomic E-state index is 5.49. The van der Waals surface area contributed by atoms with E-state index in [0.717, 1.165) is 44.5 Å². The van der Waals surface area contributed by atoms with Crippen molar-refractivity contribution in [3.63, 3.8) is 0 Å². The van der Waals surface area contributed by atoms with Crippen molar-refractivity contribution < 1.29 is 9.47 Å². The Morgan fingerprint density at radius 1 is 1.07 bits per heavy atom. The molecule has 0 bridgehead atoms. The SMILES string of the molecule is CCNC(=NCc1ccc(CN2CCC(C)CC2)cc1)NCCCOCCOC.I. The summed E-state index contributed by atoms with van der Waals surface area (Å²) >= 11 is 0. The van der Waals surface area contributed by atoms with Crippen molar-refractivity contribution in [2.75, 3.05) is 53.1 Å². The number of benzene rings is 1. The average Bonchev–Trinajstić information content (AvgIpc) is 2.74. The second-order valence-corrected chi connectivity index (χ2v) is 7.86. The third kappa shape index (κ3) is 11.5. The van der Waals surface area contributed by atoms with Gasteiger partial charge in [-0.2, -0.15) is 0 Å². The lowest BCUT2D eigenvalue weighted by atomic mass is 9.99. The molecule has 0 saturated carbocycles. The molecule has 0 unspecified atom stereocenters. The Hall–Kier alpha value is -0.900. The van der Waals surface area contributed by atoms with Crippen molar-refractivity contribution in [3.05, 3.63) is 35.4 Å². The Kier molecular flexibility index (Phi) is 15.2. The minimum Gasteiger partial charge on any atom is -0.382 e. The normalized spacial score (nSPS) is 15.6. The highest BCUT2D eigenvalue weighted by Crippen LogP contribution is 2.18. The van der Waals surface area contributed by atoms with Crippen molar-refractivity contribution >= 4 is 29.9 Å². The largest absolute Gasteiger partial charge is 0.382 e. The Morgan fingerprint density at radius 2 is 1.77 bits per heavy atom. The number of aliphatic imine (C=N–C) groups is 1. The fraction of sp³-hybridized carbons (Fsp3) is 0.696. The summed E-state index contributed by atoms with van der Waals surface area (Å²) in [6.07, 6.45) is 3.59. The molecular weight excluding hydrogens is 491 g/mol. The number of nitrogens with zero attached hydrogens (tertiary/aromatic N) is 2. The molecule has 2 rings (SSSR count). The molecule has 2 N–H and O–H groups in total. The maximum Gasteiger partial charge on any atom is 0.191 e. The molecule has 1 saturated heterocycles. The fourth-order valence-corrected chi connectivity index (χ4v) is 3.37. The lowest BCUT2D eigenvalue weighted by molar-refractivity contribution is 0.0698. The zero-order valence-electron chi connectivity index (χ0n) is 19.0. The first-order valence-electron chi connectivity index (χ1n) is 11.1. The van der Waals surface area contributed by atoms with Crippen LogP contribution >= 0.6 is 24.0 Å². The van der Waals surface area contributed by atoms with Gasteiger partial charge in [-0.15, -0.1) is 24.0 Å². The van der Waals surface area contributed by atoms with Crippen LogP contribution in [0.5, 0.6) is 0 Å². The predicted octanol–water partition coefficient (Wildman–Crippen LogP) is 3.64. The lowest BCUT2D eigenvalue weighted by Gasteiger charge is -2.30. The van der Waals surface area contributed by atoms with E-state index in [1.807, 2.05) is 0 Å². The Morgan fingerprint density at radius 3 is 2.43 bits per heavy atom. The van der Waals surface area contributed by atoms with E-state index < -0.39 is 0 Å². The topological polar surface area (TPSA) is 58.1 Å². The van der Waals surface area contributed by atoms with Gasteiger partial charge in [0.25, 0.3) is 0 Å². The van der Waals surface area contributed by atoms with E-state index >= 15 is 0 Å². The number of methoxy groups -OCH3 is 1. The van der Waals surface area contributed by atoms with Gasteiger partial charge in [-0.05, 0) is 56.3 Å². The summed E-state index contributed by atoms with van der Waals surface area (Å²) in [5.74, 6) is 1.74. The molecule has 1 aliphatic heterocycles. The molecule has 0 aliphatic carbocycles. The highest BCUT2D eigenvalue weighted by atomic mass is 127. The Labute approximate surface area is 200 Å². The van der Waals surface area contributed by atoms with Gasteiger partial charge in [-0.25, -0.2) is 4.99 Å². The molecule has 1 fully saturated rings. The quantitative estimate of drug-likeness (QED) is 0.186. The number of likely N-dealkylation sites (tertiary alicyclic amines) is 1. The van der Waals surface area contributed by atoms with Crippen LogP contribution < -0.4 is 10.6 Å². The van der Waals surface area contributed by atoms with Crippen molar-refractivity contribution in [3.8, 4) is 0 Å². The zero-order valence-corrected chi connectivity index (χ0v) is 21.3. The van der Waals surface area contributed by atoms with Gasteiger partial charge < -0.3 is 20.1 Å². The van der Waals surface area contributed by atoms with Crippen LogP contribution in [0.2, 0.25) is 0 Å². The molecule has 0 spiro atoms. The fourth-order valence-electron chi connectivity index (χ4n) is 3.37. The molecule has 30 heavy (non-hydrogen) atoms. The molecule has 6 nitrogen and oxygen atoms in total. The average molecular weight is 533 g/mol. The highest BCUT2D eigenvalue weighted by Gasteiger charge is 2.15. The van der Waals surface area contributed by atoms with Crippen LogP contribution in [-0.2, 0) is 22.6 Å². The van der Waals surface area contributed by atoms with Gasteiger partial charge in [-0.3, -0.25) is 4.90 Å². The van der Waals surface area contributed by atoms with Crippen LogP contribution in [0.15, 0.2) is 29.3 Å². The van der Waals surface area contributed by atoms with E-state index in [1.54, 1.807) is 7.11 Å². The second kappa shape index (κ2) is 16.8. The predicted molar refractivity (Wildman–Crippen MR) is 136 cm³/mol. The van der Waals surface area contributed by atoms with Gasteiger partial charge in [0.05, 0.1) is 19.8 Å². The van der Waals surface area contributed by atoms with Gasteiger partial charge in [0.2, 0.25) is 0 Å². The number of guanidine groups is 1. The van der Waals surface area contributed by atoms with Gasteiger partial charge in [0, 0.05) is 33.4 Å². The number of rotatable bonds is 12. The van der Waals surface area contributed by atoms with E-state index in [9.17, 15) is 0 Å². The first kappa shape index (κ1) is 27.1. The van der Waals surface area contributed by atoms with Crippen molar-refractivity contribution in [2.24, 2.45) is 10.9 Å². The van der Waals surface area contributed by atoms with Crippen molar-refractivity contribution in [1.29, 1.82) is 0 Å². The van der Waals surface area contributed by atoms with Crippen LogP contribution in [0.25, 0.3) is 0 Å². The molecular formula is C23H41IN4O2. The van der Waals surface area contributed by atoms with Crippen LogP contribution in [0, 0.1) is 5.92 Å². The summed E-state index contributed by atoms with van der Waals surface area (Å²) in [6.45, 7) is 12.4. The monoisotopic (exact) mass is 532 g/mol. The summed E-state index contributed by atoms with van der Waals surface area (Å²) < 4.78 is 10.5. The highest BCUT2D eigenvalue weighted by molar-refractivity contribution is 14.0. The number of hydrogen-bond donors (Lipinski definition) is 2. The summed E-state index contributed by atoms with van der Waals surface area (Å²) in [6, 6.07) is 8.92. The number of nitrogens with one attached hydrogen (secondary N) is 2. The maximum absolute atomic E-state index is 5.49. The van der Waals surface area contributed by atoms with E-state index in [0.29, 0.717) is 19.8 Å². The summed E-state index contributed by atoms with van der Waals surface area (Å²) in [7, 11) is 1.69. The molecule has 0 aromatic heterocycles. The minimum atomic E-state index is 0. The molecule has 0 atom stereocenters. The van der Waals surface area contributed by atoms with Crippen molar-refractivity contribution in [1.82, 2.24) is 15.5 Å². The van der Waals surface area contributed by atoms with E-state index in [-0.39, 0.29) is 24.0 Å². The summed E-state index contributed by atoms with van der Waals surface area (Å²) in [4.78, 5) is 7.28. The van der Waals surface area contributed by atoms with Gasteiger partial charge in [-0.1, -0.05) is 31.2 Å². The van der Waals surface area contributed by atoms with Gasteiger partial charge >= 0.3 is 0 Å². The lowest BCUT2D eigenvalue weighted by Crippen LogP contribution is -2.38. The van der Waals surface area contributed by atoms with Crippen LogP contribution in [0.1, 0.15) is 44.2 Å². The molecule has 172 valence electrons. The van der Waals surface area contributed by atoms with Crippen LogP contribution in [-0.4, -0.2) is 64.0 Å². The van der Waals surface area contributed by atoms with Crippen LogP contribution in [0.4, 0.5) is 0 Å². The Balaban J connectivity index is 0.00000450. The standard InChI is InChI=1S/C23H40N4O2.HI/c1-4-24-23(25-12-5-15-29-17-16-28-3)26-18-21-6-8-22(9-7-21)19-27-13-10-20(2)11-14-27;/h6-9,20H,4-5,10-19H2,1-3H3,(H2,24,25,26);1H. The summed E-state index contributed by atoms with van der Waals surface area (Å²) in [5.41, 5.74) is 2.63. The molecule has 1 aromatic rings. The van der Waals surface area contributed by atoms with Gasteiger partial charge in [0.15, 0.2) is 5.96 Å². The molecule has 0 radical (unpaired) electrons. The first-order valence-corrected chi connectivity index (χ1v) is 11.1. The molecule has 7 heteroatoms. The number of hydrogen-bond acceptors (Lipinski definition) is 4. The molecule has 1 heterocycles. The van der Waals surface area contributed by atoms with E-state index in [2.05, 4.69) is 53.6 Å². The number of piperidine rings is 1. The van der Waals surface area contributed by atoms with Crippen molar-refractivity contribution in [2.45, 2.75) is 46.2 Å². The smallest absolute Gasteiger partial charge is 0.191 e. The van der Waals surface area contributed by atoms with E-state index in [1.165, 1.54) is 37.1 Å². The third-order valence-corrected chi connectivity index (χ3v) is 5.26. The Bertz CT molecular complexity index is 575.